The van der Waals surface area contributed by atoms with Crippen molar-refractivity contribution in [1.29, 1.82) is 0 Å². The molecule has 7 heteroatoms. The maximum absolute atomic E-state index is 13.0. The Hall–Kier alpha value is -2.93. The number of benzene rings is 2. The fourth-order valence-corrected chi connectivity index (χ4v) is 4.44. The Bertz CT molecular complexity index is 1150. The molecule has 1 fully saturated rings. The SMILES string of the molecule is COc1cccc(N2C(=O)C[C@H](Sc3nc(C)c4cc(C)c(C)cc4n3)C2=O)c1. The van der Waals surface area contributed by atoms with Gasteiger partial charge in [-0.1, -0.05) is 17.8 Å². The van der Waals surface area contributed by atoms with E-state index in [1.807, 2.05) is 19.9 Å². The number of methoxy groups -OCH3 is 1. The first-order valence-electron chi connectivity index (χ1n) is 9.30. The fourth-order valence-electron chi connectivity index (χ4n) is 3.41. The van der Waals surface area contributed by atoms with E-state index >= 15 is 0 Å². The topological polar surface area (TPSA) is 72.4 Å². The van der Waals surface area contributed by atoms with E-state index in [1.165, 1.54) is 22.2 Å². The number of fused-ring (bicyclic) bond motifs is 1. The molecule has 2 heterocycles. The van der Waals surface area contributed by atoms with E-state index in [0.717, 1.165) is 22.2 Å². The molecule has 0 radical (unpaired) electrons. The summed E-state index contributed by atoms with van der Waals surface area (Å²) in [5.41, 5.74) is 4.58. The highest BCUT2D eigenvalue weighted by Gasteiger charge is 2.40. The van der Waals surface area contributed by atoms with Crippen molar-refractivity contribution in [3.8, 4) is 5.75 Å². The number of ether oxygens (including phenoxy) is 1. The lowest BCUT2D eigenvalue weighted by atomic mass is 10.1. The number of thioether (sulfide) groups is 1. The van der Waals surface area contributed by atoms with Crippen LogP contribution in [0.3, 0.4) is 0 Å². The number of rotatable bonds is 4. The Balaban J connectivity index is 1.62. The second kappa shape index (κ2) is 7.48. The van der Waals surface area contributed by atoms with Crippen LogP contribution in [0.5, 0.6) is 5.75 Å². The monoisotopic (exact) mass is 407 g/mol. The summed E-state index contributed by atoms with van der Waals surface area (Å²) < 4.78 is 5.20. The molecule has 1 aliphatic heterocycles. The van der Waals surface area contributed by atoms with Crippen LogP contribution >= 0.6 is 11.8 Å². The van der Waals surface area contributed by atoms with Gasteiger partial charge in [0.05, 0.1) is 18.3 Å². The Kier molecular flexibility index (Phi) is 5.00. The predicted octanol–water partition coefficient (Wildman–Crippen LogP) is 3.99. The van der Waals surface area contributed by atoms with Crippen molar-refractivity contribution in [1.82, 2.24) is 9.97 Å². The van der Waals surface area contributed by atoms with Crippen LogP contribution in [0.4, 0.5) is 5.69 Å². The third-order valence-electron chi connectivity index (χ3n) is 5.15. The second-order valence-corrected chi connectivity index (χ2v) is 8.29. The lowest BCUT2D eigenvalue weighted by Crippen LogP contribution is -2.31. The van der Waals surface area contributed by atoms with Crippen LogP contribution in [-0.2, 0) is 9.59 Å². The number of hydrogen-bond acceptors (Lipinski definition) is 6. The van der Waals surface area contributed by atoms with Crippen LogP contribution in [0.1, 0.15) is 23.2 Å². The number of aryl methyl sites for hydroxylation is 3. The van der Waals surface area contributed by atoms with Crippen LogP contribution in [0.15, 0.2) is 41.6 Å². The summed E-state index contributed by atoms with van der Waals surface area (Å²) in [6.45, 7) is 6.05. The summed E-state index contributed by atoms with van der Waals surface area (Å²) in [6, 6.07) is 11.1. The van der Waals surface area contributed by atoms with Crippen molar-refractivity contribution >= 4 is 40.2 Å². The zero-order valence-electron chi connectivity index (χ0n) is 16.7. The zero-order chi connectivity index (χ0) is 20.7. The number of carbonyl (C=O) groups is 2. The van der Waals surface area contributed by atoms with Crippen LogP contribution in [0.2, 0.25) is 0 Å². The van der Waals surface area contributed by atoms with Crippen LogP contribution in [0, 0.1) is 20.8 Å². The molecule has 2 aromatic carbocycles. The van der Waals surface area contributed by atoms with E-state index in [2.05, 4.69) is 23.0 Å². The molecule has 29 heavy (non-hydrogen) atoms. The molecule has 0 saturated carbocycles. The molecule has 2 amide bonds. The van der Waals surface area contributed by atoms with Gasteiger partial charge in [0.2, 0.25) is 11.8 Å². The Labute approximate surface area is 173 Å². The van der Waals surface area contributed by atoms with Gasteiger partial charge in [0.15, 0.2) is 5.16 Å². The zero-order valence-corrected chi connectivity index (χ0v) is 17.5. The minimum Gasteiger partial charge on any atom is -0.497 e. The molecule has 3 aromatic rings. The number of amides is 2. The van der Waals surface area contributed by atoms with E-state index in [0.29, 0.717) is 16.6 Å². The van der Waals surface area contributed by atoms with Gasteiger partial charge < -0.3 is 4.74 Å². The van der Waals surface area contributed by atoms with E-state index in [-0.39, 0.29) is 18.2 Å². The maximum Gasteiger partial charge on any atom is 0.247 e. The lowest BCUT2D eigenvalue weighted by molar-refractivity contribution is -0.121. The maximum atomic E-state index is 13.0. The van der Waals surface area contributed by atoms with Crippen molar-refractivity contribution < 1.29 is 14.3 Å². The van der Waals surface area contributed by atoms with Gasteiger partial charge in [-0.15, -0.1) is 0 Å². The summed E-state index contributed by atoms with van der Waals surface area (Å²) in [6.07, 6.45) is 0.119. The number of hydrogen-bond donors (Lipinski definition) is 0. The first-order chi connectivity index (χ1) is 13.9. The Morgan fingerprint density at radius 2 is 1.83 bits per heavy atom. The molecule has 0 unspecified atom stereocenters. The van der Waals surface area contributed by atoms with Crippen molar-refractivity contribution in [2.45, 2.75) is 37.6 Å². The van der Waals surface area contributed by atoms with Gasteiger partial charge in [0, 0.05) is 23.6 Å². The van der Waals surface area contributed by atoms with Gasteiger partial charge in [-0.2, -0.15) is 0 Å². The summed E-state index contributed by atoms with van der Waals surface area (Å²) in [5, 5.41) is 0.971. The number of carbonyl (C=O) groups excluding carboxylic acids is 2. The minimum atomic E-state index is -0.544. The molecule has 1 saturated heterocycles. The molecule has 1 aliphatic rings. The predicted molar refractivity (Wildman–Crippen MR) is 113 cm³/mol. The van der Waals surface area contributed by atoms with Crippen LogP contribution < -0.4 is 9.64 Å². The van der Waals surface area contributed by atoms with Crippen molar-refractivity contribution in [3.63, 3.8) is 0 Å². The molecule has 148 valence electrons. The molecule has 0 aliphatic carbocycles. The van der Waals surface area contributed by atoms with Gasteiger partial charge in [-0.05, 0) is 56.2 Å². The summed E-state index contributed by atoms with van der Waals surface area (Å²) in [7, 11) is 1.55. The number of anilines is 1. The molecule has 1 atom stereocenters. The highest BCUT2D eigenvalue weighted by Crippen LogP contribution is 2.34. The van der Waals surface area contributed by atoms with E-state index in [9.17, 15) is 9.59 Å². The molecule has 0 spiro atoms. The third kappa shape index (κ3) is 3.58. The number of imide groups is 1. The quantitative estimate of drug-likeness (QED) is 0.481. The first-order valence-corrected chi connectivity index (χ1v) is 10.2. The molecule has 0 N–H and O–H groups in total. The first kappa shape index (κ1) is 19.4. The summed E-state index contributed by atoms with van der Waals surface area (Å²) in [4.78, 5) is 35.9. The summed E-state index contributed by atoms with van der Waals surface area (Å²) in [5.74, 6) is 0.109. The fraction of sp³-hybridized carbons (Fsp3) is 0.273. The molecule has 4 rings (SSSR count). The van der Waals surface area contributed by atoms with Crippen molar-refractivity contribution in [3.05, 3.63) is 53.2 Å². The van der Waals surface area contributed by atoms with E-state index < -0.39 is 5.25 Å². The summed E-state index contributed by atoms with van der Waals surface area (Å²) >= 11 is 1.24. The number of nitrogens with zero attached hydrogens (tertiary/aromatic N) is 3. The average molecular weight is 407 g/mol. The average Bonchev–Trinajstić information content (AvgIpc) is 2.96. The Morgan fingerprint density at radius 1 is 1.07 bits per heavy atom. The smallest absolute Gasteiger partial charge is 0.247 e. The van der Waals surface area contributed by atoms with E-state index in [4.69, 9.17) is 4.74 Å². The normalized spacial score (nSPS) is 16.7. The molecule has 6 nitrogen and oxygen atoms in total. The van der Waals surface area contributed by atoms with Crippen LogP contribution in [0.25, 0.3) is 10.9 Å². The highest BCUT2D eigenvalue weighted by atomic mass is 32.2. The van der Waals surface area contributed by atoms with Gasteiger partial charge >= 0.3 is 0 Å². The highest BCUT2D eigenvalue weighted by molar-refractivity contribution is 8.00. The largest absolute Gasteiger partial charge is 0.497 e. The van der Waals surface area contributed by atoms with Gasteiger partial charge in [0.25, 0.3) is 0 Å². The molecular weight excluding hydrogens is 386 g/mol. The molecular formula is C22H21N3O3S. The third-order valence-corrected chi connectivity index (χ3v) is 6.19. The van der Waals surface area contributed by atoms with Crippen molar-refractivity contribution in [2.75, 3.05) is 12.0 Å². The van der Waals surface area contributed by atoms with E-state index in [1.54, 1.807) is 31.4 Å². The van der Waals surface area contributed by atoms with Crippen molar-refractivity contribution in [2.24, 2.45) is 0 Å². The van der Waals surface area contributed by atoms with Gasteiger partial charge in [0.1, 0.15) is 11.0 Å². The number of aromatic nitrogens is 2. The second-order valence-electron chi connectivity index (χ2n) is 7.12. The molecule has 1 aromatic heterocycles. The molecule has 0 bridgehead atoms. The Morgan fingerprint density at radius 3 is 2.59 bits per heavy atom. The van der Waals surface area contributed by atoms with Crippen LogP contribution in [-0.4, -0.2) is 34.1 Å². The van der Waals surface area contributed by atoms with Gasteiger partial charge in [-0.25, -0.2) is 14.9 Å². The minimum absolute atomic E-state index is 0.119. The van der Waals surface area contributed by atoms with Gasteiger partial charge in [-0.3, -0.25) is 9.59 Å². The standard InChI is InChI=1S/C22H21N3O3S/c1-12-8-17-14(3)23-22(24-18(17)9-13(12)2)29-19-11-20(26)25(21(19)27)15-6-5-7-16(10-15)28-4/h5-10,19H,11H2,1-4H3/t19-/m0/s1. The lowest BCUT2D eigenvalue weighted by Gasteiger charge is -2.15.